The van der Waals surface area contributed by atoms with Gasteiger partial charge < -0.3 is 5.32 Å². The van der Waals surface area contributed by atoms with Gasteiger partial charge in [0.15, 0.2) is 0 Å². The van der Waals surface area contributed by atoms with Crippen molar-refractivity contribution < 1.29 is 18.0 Å². The van der Waals surface area contributed by atoms with Crippen LogP contribution in [0.1, 0.15) is 34.6 Å². The van der Waals surface area contributed by atoms with Crippen LogP contribution in [0.2, 0.25) is 0 Å². The highest BCUT2D eigenvalue weighted by Crippen LogP contribution is 2.32. The zero-order chi connectivity index (χ0) is 22.3. The Morgan fingerprint density at radius 2 is 1.84 bits per heavy atom. The van der Waals surface area contributed by atoms with Crippen molar-refractivity contribution in [1.82, 2.24) is 14.5 Å². The predicted octanol–water partition coefficient (Wildman–Crippen LogP) is 2.24. The molecule has 0 aliphatic carbocycles. The molecule has 0 fully saturated rings. The molecule has 0 spiro atoms. The average Bonchev–Trinajstić information content (AvgIpc) is 2.93. The second-order valence-electron chi connectivity index (χ2n) is 7.25. The Morgan fingerprint density at radius 1 is 1.06 bits per heavy atom. The molecule has 0 saturated carbocycles. The maximum Gasteiger partial charge on any atom is 0.269 e. The van der Waals surface area contributed by atoms with Gasteiger partial charge in [-0.1, -0.05) is 12.1 Å². The van der Waals surface area contributed by atoms with Gasteiger partial charge in [0.05, 0.1) is 11.3 Å². The number of nitrogens with one attached hydrogen (secondary N) is 2. The molecule has 10 heteroatoms. The van der Waals surface area contributed by atoms with Crippen LogP contribution in [-0.2, 0) is 10.0 Å². The van der Waals surface area contributed by atoms with Crippen LogP contribution in [0.25, 0.3) is 11.3 Å². The standard InChI is InChI=1S/C21H18N4O5S/c1-12(2)25-21(28)16-7-6-14(11-18(16)31(25,29)30)20(27)22-15-5-3-4-13(10-15)17-8-9-19(26)24-23-17/h3-12H,1-2H3,(H,22,27)(H,24,26). The molecule has 31 heavy (non-hydrogen) atoms. The second kappa shape index (κ2) is 7.47. The van der Waals surface area contributed by atoms with Crippen LogP contribution in [-0.4, -0.2) is 40.8 Å². The van der Waals surface area contributed by atoms with E-state index in [1.165, 1.54) is 24.3 Å². The quantitative estimate of drug-likeness (QED) is 0.643. The molecule has 2 amide bonds. The molecule has 1 aliphatic rings. The molecule has 1 aromatic heterocycles. The molecule has 2 N–H and O–H groups in total. The summed E-state index contributed by atoms with van der Waals surface area (Å²) in [6, 6.07) is 13.2. The Bertz CT molecular complexity index is 1360. The first kappa shape index (κ1) is 20.5. The molecule has 158 valence electrons. The van der Waals surface area contributed by atoms with E-state index in [0.29, 0.717) is 16.9 Å². The van der Waals surface area contributed by atoms with Crippen LogP contribution in [0, 0.1) is 0 Å². The molecular formula is C21H18N4O5S. The van der Waals surface area contributed by atoms with E-state index >= 15 is 0 Å². The maximum absolute atomic E-state index is 12.7. The molecule has 2 heterocycles. The van der Waals surface area contributed by atoms with Gasteiger partial charge in [0, 0.05) is 28.9 Å². The second-order valence-corrected chi connectivity index (χ2v) is 9.04. The Hall–Kier alpha value is -3.79. The Morgan fingerprint density at radius 3 is 2.52 bits per heavy atom. The molecule has 0 saturated heterocycles. The number of anilines is 1. The van der Waals surface area contributed by atoms with Gasteiger partial charge in [-0.15, -0.1) is 0 Å². The summed E-state index contributed by atoms with van der Waals surface area (Å²) in [5, 5.41) is 9.02. The first-order valence-corrected chi connectivity index (χ1v) is 10.8. The van der Waals surface area contributed by atoms with Crippen LogP contribution < -0.4 is 10.9 Å². The van der Waals surface area contributed by atoms with E-state index in [1.807, 2.05) is 0 Å². The number of H-pyrrole nitrogens is 1. The summed E-state index contributed by atoms with van der Waals surface area (Å²) in [7, 11) is -4.00. The predicted molar refractivity (Wildman–Crippen MR) is 113 cm³/mol. The van der Waals surface area contributed by atoms with Crippen molar-refractivity contribution in [3.8, 4) is 11.3 Å². The van der Waals surface area contributed by atoms with E-state index in [0.717, 1.165) is 4.31 Å². The van der Waals surface area contributed by atoms with Crippen molar-refractivity contribution in [1.29, 1.82) is 0 Å². The normalized spacial score (nSPS) is 14.5. The van der Waals surface area contributed by atoms with E-state index in [2.05, 4.69) is 15.5 Å². The summed E-state index contributed by atoms with van der Waals surface area (Å²) in [6.45, 7) is 3.22. The Kier molecular flexibility index (Phi) is 4.94. The topological polar surface area (TPSA) is 129 Å². The lowest BCUT2D eigenvalue weighted by Gasteiger charge is -2.18. The largest absolute Gasteiger partial charge is 0.322 e. The summed E-state index contributed by atoms with van der Waals surface area (Å²) in [5.41, 5.74) is 1.48. The minimum Gasteiger partial charge on any atom is -0.322 e. The fourth-order valence-corrected chi connectivity index (χ4v) is 5.16. The van der Waals surface area contributed by atoms with Gasteiger partial charge in [-0.2, -0.15) is 5.10 Å². The summed E-state index contributed by atoms with van der Waals surface area (Å²) in [6.07, 6.45) is 0. The van der Waals surface area contributed by atoms with Crippen molar-refractivity contribution in [3.05, 3.63) is 76.1 Å². The lowest BCUT2D eigenvalue weighted by molar-refractivity contribution is 0.0846. The molecule has 1 aliphatic heterocycles. The van der Waals surface area contributed by atoms with Crippen molar-refractivity contribution in [2.24, 2.45) is 0 Å². The number of hydrogen-bond acceptors (Lipinski definition) is 6. The van der Waals surface area contributed by atoms with Gasteiger partial charge in [0.2, 0.25) is 0 Å². The number of benzene rings is 2. The molecule has 2 aromatic carbocycles. The smallest absolute Gasteiger partial charge is 0.269 e. The van der Waals surface area contributed by atoms with E-state index in [-0.39, 0.29) is 21.6 Å². The van der Waals surface area contributed by atoms with Crippen LogP contribution >= 0.6 is 0 Å². The summed E-state index contributed by atoms with van der Waals surface area (Å²) in [5.74, 6) is -1.13. The zero-order valence-electron chi connectivity index (χ0n) is 16.6. The molecule has 0 unspecified atom stereocenters. The van der Waals surface area contributed by atoms with E-state index in [1.54, 1.807) is 44.2 Å². The van der Waals surface area contributed by atoms with Gasteiger partial charge >= 0.3 is 0 Å². The third kappa shape index (κ3) is 3.61. The van der Waals surface area contributed by atoms with Gasteiger partial charge in [-0.05, 0) is 50.2 Å². The highest BCUT2D eigenvalue weighted by Gasteiger charge is 2.42. The number of carbonyl (C=O) groups excluding carboxylic acids is 2. The van der Waals surface area contributed by atoms with Gasteiger partial charge in [-0.25, -0.2) is 17.8 Å². The minimum atomic E-state index is -4.00. The summed E-state index contributed by atoms with van der Waals surface area (Å²) >= 11 is 0. The van der Waals surface area contributed by atoms with Gasteiger partial charge in [0.25, 0.3) is 27.4 Å². The SMILES string of the molecule is CC(C)N1C(=O)c2ccc(C(=O)Nc3cccc(-c4ccc(=O)[nH]n4)c3)cc2S1(=O)=O. The number of amides is 2. The monoisotopic (exact) mass is 438 g/mol. The molecule has 0 atom stereocenters. The fraction of sp³-hybridized carbons (Fsp3) is 0.143. The Labute approximate surface area is 177 Å². The maximum atomic E-state index is 12.7. The number of aromatic amines is 1. The third-order valence-electron chi connectivity index (χ3n) is 4.78. The number of nitrogens with zero attached hydrogens (tertiary/aromatic N) is 2. The number of hydrogen-bond donors (Lipinski definition) is 2. The first-order chi connectivity index (χ1) is 14.7. The molecule has 3 aromatic rings. The number of carbonyl (C=O) groups is 2. The molecule has 9 nitrogen and oxygen atoms in total. The number of aromatic nitrogens is 2. The summed E-state index contributed by atoms with van der Waals surface area (Å²) in [4.78, 5) is 36.2. The molecule has 0 bridgehead atoms. The van der Waals surface area contributed by atoms with E-state index in [9.17, 15) is 22.8 Å². The number of rotatable bonds is 4. The highest BCUT2D eigenvalue weighted by molar-refractivity contribution is 7.90. The summed E-state index contributed by atoms with van der Waals surface area (Å²) < 4.78 is 26.3. The first-order valence-electron chi connectivity index (χ1n) is 9.39. The van der Waals surface area contributed by atoms with Crippen molar-refractivity contribution >= 4 is 27.5 Å². The molecule has 0 radical (unpaired) electrons. The molecular weight excluding hydrogens is 420 g/mol. The minimum absolute atomic E-state index is 0.0522. The zero-order valence-corrected chi connectivity index (χ0v) is 17.4. The lowest BCUT2D eigenvalue weighted by Crippen LogP contribution is -2.36. The van der Waals surface area contributed by atoms with Gasteiger partial charge in [-0.3, -0.25) is 14.4 Å². The van der Waals surface area contributed by atoms with Crippen LogP contribution in [0.5, 0.6) is 0 Å². The van der Waals surface area contributed by atoms with Crippen LogP contribution in [0.4, 0.5) is 5.69 Å². The Balaban J connectivity index is 1.62. The fourth-order valence-electron chi connectivity index (χ4n) is 3.36. The lowest BCUT2D eigenvalue weighted by atomic mass is 10.1. The number of fused-ring (bicyclic) bond motifs is 1. The van der Waals surface area contributed by atoms with E-state index < -0.39 is 27.9 Å². The van der Waals surface area contributed by atoms with Crippen molar-refractivity contribution in [2.45, 2.75) is 24.8 Å². The van der Waals surface area contributed by atoms with Crippen LogP contribution in [0.15, 0.2) is 64.3 Å². The van der Waals surface area contributed by atoms with Crippen molar-refractivity contribution in [3.63, 3.8) is 0 Å². The molecule has 4 rings (SSSR count). The van der Waals surface area contributed by atoms with Crippen molar-refractivity contribution in [2.75, 3.05) is 5.32 Å². The highest BCUT2D eigenvalue weighted by atomic mass is 32.2. The van der Waals surface area contributed by atoms with Gasteiger partial charge in [0.1, 0.15) is 4.90 Å². The van der Waals surface area contributed by atoms with Crippen LogP contribution in [0.3, 0.4) is 0 Å². The number of sulfonamides is 1. The third-order valence-corrected chi connectivity index (χ3v) is 6.77. The van der Waals surface area contributed by atoms with E-state index in [4.69, 9.17) is 0 Å². The average molecular weight is 438 g/mol.